The van der Waals surface area contributed by atoms with E-state index >= 15 is 0 Å². The highest BCUT2D eigenvalue weighted by atomic mass is 32.1. The van der Waals surface area contributed by atoms with E-state index in [4.69, 9.17) is 12.2 Å². The Bertz CT molecular complexity index is 177. The average molecular weight is 186 g/mol. The lowest BCUT2D eigenvalue weighted by molar-refractivity contribution is 0.0821. The molecule has 0 saturated heterocycles. The highest BCUT2D eigenvalue weighted by Crippen LogP contribution is 2.31. The fourth-order valence-electron chi connectivity index (χ4n) is 2.15. The van der Waals surface area contributed by atoms with Gasteiger partial charge in [0.15, 0.2) is 0 Å². The van der Waals surface area contributed by atoms with Crippen LogP contribution in [0, 0.1) is 17.8 Å². The topological polar surface area (TPSA) is 20.2 Å². The van der Waals surface area contributed by atoms with Crippen molar-refractivity contribution in [2.75, 3.05) is 0 Å². The predicted molar refractivity (Wildman–Crippen MR) is 55.3 cm³/mol. The van der Waals surface area contributed by atoms with E-state index in [0.717, 1.165) is 17.7 Å². The number of aliphatic hydroxyl groups excluding tert-OH is 1. The fourth-order valence-corrected chi connectivity index (χ4v) is 2.87. The van der Waals surface area contributed by atoms with Crippen LogP contribution < -0.4 is 0 Å². The molecule has 0 heterocycles. The summed E-state index contributed by atoms with van der Waals surface area (Å²) in [6.45, 7) is 6.43. The molecule has 0 bridgehead atoms. The number of hydrogen-bond donors (Lipinski definition) is 1. The monoisotopic (exact) mass is 186 g/mol. The van der Waals surface area contributed by atoms with Gasteiger partial charge in [-0.1, -0.05) is 33.0 Å². The van der Waals surface area contributed by atoms with Gasteiger partial charge >= 0.3 is 0 Å². The summed E-state index contributed by atoms with van der Waals surface area (Å²) >= 11 is 5.30. The SMILES string of the molecule is CC1CC(=S)C(C(C)C)C(O)C1. The molecule has 1 N–H and O–H groups in total. The minimum Gasteiger partial charge on any atom is -0.392 e. The van der Waals surface area contributed by atoms with E-state index in [1.165, 1.54) is 0 Å². The maximum Gasteiger partial charge on any atom is 0.0618 e. The maximum atomic E-state index is 9.79. The number of rotatable bonds is 1. The number of aliphatic hydroxyl groups is 1. The Morgan fingerprint density at radius 1 is 1.50 bits per heavy atom. The molecule has 1 rings (SSSR count). The quantitative estimate of drug-likeness (QED) is 0.635. The Labute approximate surface area is 80.2 Å². The Balaban J connectivity index is 2.67. The van der Waals surface area contributed by atoms with E-state index in [0.29, 0.717) is 11.8 Å². The van der Waals surface area contributed by atoms with Gasteiger partial charge in [0.25, 0.3) is 0 Å². The van der Waals surface area contributed by atoms with Crippen LogP contribution >= 0.6 is 12.2 Å². The van der Waals surface area contributed by atoms with Gasteiger partial charge in [0.2, 0.25) is 0 Å². The second-order valence-electron chi connectivity index (χ2n) is 4.35. The molecule has 0 spiro atoms. The van der Waals surface area contributed by atoms with Crippen molar-refractivity contribution in [2.24, 2.45) is 17.8 Å². The molecule has 1 aliphatic carbocycles. The predicted octanol–water partition coefficient (Wildman–Crippen LogP) is 2.42. The fraction of sp³-hybridized carbons (Fsp3) is 0.900. The van der Waals surface area contributed by atoms with E-state index in [1.54, 1.807) is 0 Å². The molecule has 1 aliphatic rings. The van der Waals surface area contributed by atoms with Crippen molar-refractivity contribution in [1.29, 1.82) is 0 Å². The molecular weight excluding hydrogens is 168 g/mol. The van der Waals surface area contributed by atoms with Crippen molar-refractivity contribution >= 4 is 17.1 Å². The second-order valence-corrected chi connectivity index (χ2v) is 4.87. The van der Waals surface area contributed by atoms with E-state index < -0.39 is 0 Å². The summed E-state index contributed by atoms with van der Waals surface area (Å²) in [7, 11) is 0. The van der Waals surface area contributed by atoms with Crippen molar-refractivity contribution in [2.45, 2.75) is 39.7 Å². The zero-order chi connectivity index (χ0) is 9.30. The molecular formula is C10H18OS. The first-order valence-corrected chi connectivity index (χ1v) is 5.14. The molecule has 0 aliphatic heterocycles. The lowest BCUT2D eigenvalue weighted by Crippen LogP contribution is -2.38. The summed E-state index contributed by atoms with van der Waals surface area (Å²) in [6, 6.07) is 0. The van der Waals surface area contributed by atoms with Crippen LogP contribution in [0.4, 0.5) is 0 Å². The highest BCUT2D eigenvalue weighted by Gasteiger charge is 2.32. The third-order valence-electron chi connectivity index (χ3n) is 2.70. The smallest absolute Gasteiger partial charge is 0.0618 e. The third kappa shape index (κ3) is 2.05. The Morgan fingerprint density at radius 2 is 2.08 bits per heavy atom. The van der Waals surface area contributed by atoms with Gasteiger partial charge in [-0.15, -0.1) is 0 Å². The summed E-state index contributed by atoms with van der Waals surface area (Å²) in [6.07, 6.45) is 1.75. The summed E-state index contributed by atoms with van der Waals surface area (Å²) in [4.78, 5) is 1.08. The molecule has 0 aromatic carbocycles. The van der Waals surface area contributed by atoms with Gasteiger partial charge in [-0.05, 0) is 29.5 Å². The van der Waals surface area contributed by atoms with Crippen LogP contribution in [-0.4, -0.2) is 16.1 Å². The standard InChI is InChI=1S/C10H18OS/c1-6(2)10-8(11)4-7(3)5-9(10)12/h6-8,10-11H,4-5H2,1-3H3. The van der Waals surface area contributed by atoms with Crippen LogP contribution in [0.15, 0.2) is 0 Å². The van der Waals surface area contributed by atoms with Crippen LogP contribution in [0.5, 0.6) is 0 Å². The normalized spacial score (nSPS) is 37.4. The van der Waals surface area contributed by atoms with Gasteiger partial charge in [0.05, 0.1) is 6.10 Å². The molecule has 3 atom stereocenters. The Kier molecular flexibility index (Phi) is 3.24. The lowest BCUT2D eigenvalue weighted by atomic mass is 9.75. The van der Waals surface area contributed by atoms with E-state index in [-0.39, 0.29) is 12.0 Å². The third-order valence-corrected chi connectivity index (χ3v) is 3.14. The van der Waals surface area contributed by atoms with Crippen molar-refractivity contribution in [3.8, 4) is 0 Å². The van der Waals surface area contributed by atoms with Gasteiger partial charge in [0.1, 0.15) is 0 Å². The van der Waals surface area contributed by atoms with Crippen molar-refractivity contribution in [3.63, 3.8) is 0 Å². The number of thiocarbonyl (C=S) groups is 1. The molecule has 70 valence electrons. The molecule has 1 fully saturated rings. The summed E-state index contributed by atoms with van der Waals surface area (Å²) < 4.78 is 0. The van der Waals surface area contributed by atoms with E-state index in [1.807, 2.05) is 0 Å². The van der Waals surface area contributed by atoms with Gasteiger partial charge in [-0.25, -0.2) is 0 Å². The van der Waals surface area contributed by atoms with Gasteiger partial charge < -0.3 is 5.11 Å². The van der Waals surface area contributed by atoms with Crippen LogP contribution in [-0.2, 0) is 0 Å². The van der Waals surface area contributed by atoms with Crippen molar-refractivity contribution in [3.05, 3.63) is 0 Å². The number of hydrogen-bond acceptors (Lipinski definition) is 2. The molecule has 0 aromatic heterocycles. The molecule has 0 radical (unpaired) electrons. The minimum absolute atomic E-state index is 0.193. The summed E-state index contributed by atoms with van der Waals surface area (Å²) in [5.41, 5.74) is 0. The summed E-state index contributed by atoms with van der Waals surface area (Å²) in [5.74, 6) is 1.32. The van der Waals surface area contributed by atoms with Gasteiger partial charge in [-0.2, -0.15) is 0 Å². The summed E-state index contributed by atoms with van der Waals surface area (Å²) in [5, 5.41) is 9.79. The van der Waals surface area contributed by atoms with Crippen LogP contribution in [0.25, 0.3) is 0 Å². The highest BCUT2D eigenvalue weighted by molar-refractivity contribution is 7.80. The molecule has 12 heavy (non-hydrogen) atoms. The lowest BCUT2D eigenvalue weighted by Gasteiger charge is -2.34. The van der Waals surface area contributed by atoms with Crippen molar-refractivity contribution in [1.82, 2.24) is 0 Å². The Hall–Kier alpha value is 0.0500. The first-order valence-electron chi connectivity index (χ1n) is 4.73. The Morgan fingerprint density at radius 3 is 2.50 bits per heavy atom. The molecule has 1 nitrogen and oxygen atoms in total. The minimum atomic E-state index is -0.193. The van der Waals surface area contributed by atoms with Crippen LogP contribution in [0.1, 0.15) is 33.6 Å². The first kappa shape index (κ1) is 10.1. The largest absolute Gasteiger partial charge is 0.392 e. The van der Waals surface area contributed by atoms with Gasteiger partial charge in [0, 0.05) is 5.92 Å². The van der Waals surface area contributed by atoms with Crippen LogP contribution in [0.3, 0.4) is 0 Å². The molecule has 3 unspecified atom stereocenters. The second kappa shape index (κ2) is 3.84. The zero-order valence-electron chi connectivity index (χ0n) is 8.08. The van der Waals surface area contributed by atoms with E-state index in [9.17, 15) is 5.11 Å². The maximum absolute atomic E-state index is 9.79. The van der Waals surface area contributed by atoms with Gasteiger partial charge in [-0.3, -0.25) is 0 Å². The zero-order valence-corrected chi connectivity index (χ0v) is 8.90. The molecule has 1 saturated carbocycles. The van der Waals surface area contributed by atoms with Crippen molar-refractivity contribution < 1.29 is 5.11 Å². The van der Waals surface area contributed by atoms with Crippen LogP contribution in [0.2, 0.25) is 0 Å². The molecule has 0 amide bonds. The molecule has 2 heteroatoms. The average Bonchev–Trinajstić information content (AvgIpc) is 1.82. The first-order chi connectivity index (χ1) is 5.52. The van der Waals surface area contributed by atoms with E-state index in [2.05, 4.69) is 20.8 Å². The molecule has 0 aromatic rings.